The van der Waals surface area contributed by atoms with Crippen LogP contribution in [0.3, 0.4) is 0 Å². The first-order chi connectivity index (χ1) is 52.7. The molecule has 0 bridgehead atoms. The van der Waals surface area contributed by atoms with Crippen molar-refractivity contribution in [1.29, 1.82) is 0 Å². The minimum absolute atomic E-state index is 0.0306. The van der Waals surface area contributed by atoms with Crippen molar-refractivity contribution in [3.05, 3.63) is 146 Å². The van der Waals surface area contributed by atoms with Crippen LogP contribution >= 0.6 is 15.6 Å². The third-order valence-corrected chi connectivity index (χ3v) is 19.2. The highest BCUT2D eigenvalue weighted by Crippen LogP contribution is 2.45. The number of esters is 4. The summed E-state index contributed by atoms with van der Waals surface area (Å²) in [6.45, 7) is 4.60. The molecule has 0 amide bonds. The number of phosphoric ester groups is 2. The molecule has 0 aliphatic carbocycles. The van der Waals surface area contributed by atoms with Crippen LogP contribution in [0, 0.1) is 0 Å². The summed E-state index contributed by atoms with van der Waals surface area (Å²) in [7, 11) is -10.0. The van der Waals surface area contributed by atoms with Crippen molar-refractivity contribution in [2.45, 2.75) is 354 Å². The summed E-state index contributed by atoms with van der Waals surface area (Å²) in [5, 5.41) is 10.7. The zero-order valence-electron chi connectivity index (χ0n) is 67.7. The van der Waals surface area contributed by atoms with Gasteiger partial charge in [-0.2, -0.15) is 0 Å². The first kappa shape index (κ1) is 103. The lowest BCUT2D eigenvalue weighted by Gasteiger charge is -2.21. The Morgan fingerprint density at radius 1 is 0.269 bits per heavy atom. The Labute approximate surface area is 656 Å². The average molecular weight is 1550 g/mol. The monoisotopic (exact) mass is 1550 g/mol. The SMILES string of the molecule is CC/C=C\C/C=C\C/C=C\C/C=C\C/C=C\CCCCCC(=O)OC[C@H](COP(=O)(O)OC[C@@H](O)COP(=O)(O)OC[C@@H](COC(=O)CCCCCCCCCCCCCCCCC)OC(=O)CC/C=C\C/C=C\C/C=C\C/C=C\C/C=C\CCCCC)OC(=O)CCCCCCC/C=C\C/C=C\CCCCC. The van der Waals surface area contributed by atoms with E-state index < -0.39 is 97.5 Å². The Hall–Kier alpha value is -5.06. The van der Waals surface area contributed by atoms with E-state index >= 15 is 0 Å². The van der Waals surface area contributed by atoms with E-state index in [0.29, 0.717) is 32.1 Å². The van der Waals surface area contributed by atoms with Crippen LogP contribution < -0.4 is 0 Å². The molecular formula is C89H150O17P2. The van der Waals surface area contributed by atoms with E-state index in [1.54, 1.807) is 0 Å². The molecule has 0 rings (SSSR count). The summed E-state index contributed by atoms with van der Waals surface area (Å²) in [5.41, 5.74) is 0. The van der Waals surface area contributed by atoms with Crippen molar-refractivity contribution in [2.75, 3.05) is 39.6 Å². The predicted molar refractivity (Wildman–Crippen MR) is 445 cm³/mol. The summed E-state index contributed by atoms with van der Waals surface area (Å²) in [6.07, 6.45) is 92.6. The van der Waals surface area contributed by atoms with Crippen LogP contribution in [0.25, 0.3) is 0 Å². The summed E-state index contributed by atoms with van der Waals surface area (Å²) in [4.78, 5) is 73.1. The molecule has 0 fully saturated rings. The van der Waals surface area contributed by atoms with Crippen LogP contribution in [0.5, 0.6) is 0 Å². The van der Waals surface area contributed by atoms with Crippen molar-refractivity contribution in [3.63, 3.8) is 0 Å². The van der Waals surface area contributed by atoms with E-state index in [9.17, 15) is 43.2 Å². The fourth-order valence-electron chi connectivity index (χ4n) is 10.9. The molecule has 0 aliphatic heterocycles. The Balaban J connectivity index is 5.48. The third kappa shape index (κ3) is 79.0. The number of hydrogen-bond acceptors (Lipinski definition) is 15. The zero-order valence-corrected chi connectivity index (χ0v) is 69.5. The maximum atomic E-state index is 13.1. The zero-order chi connectivity index (χ0) is 78.9. The minimum atomic E-state index is -5.01. The second-order valence-electron chi connectivity index (χ2n) is 27.7. The van der Waals surface area contributed by atoms with Crippen molar-refractivity contribution in [2.24, 2.45) is 0 Å². The lowest BCUT2D eigenvalue weighted by molar-refractivity contribution is -0.161. The first-order valence-corrected chi connectivity index (χ1v) is 45.1. The molecule has 2 unspecified atom stereocenters. The van der Waals surface area contributed by atoms with Crippen LogP contribution in [-0.2, 0) is 65.4 Å². The van der Waals surface area contributed by atoms with Crippen molar-refractivity contribution < 1.29 is 80.2 Å². The number of aliphatic hydroxyl groups is 1. The molecule has 0 aromatic carbocycles. The van der Waals surface area contributed by atoms with Gasteiger partial charge >= 0.3 is 39.5 Å². The average Bonchev–Trinajstić information content (AvgIpc) is 0.914. The van der Waals surface area contributed by atoms with Crippen LogP contribution in [0.4, 0.5) is 0 Å². The smallest absolute Gasteiger partial charge is 0.462 e. The van der Waals surface area contributed by atoms with Crippen LogP contribution in [0.2, 0.25) is 0 Å². The van der Waals surface area contributed by atoms with Crippen LogP contribution in [-0.4, -0.2) is 96.7 Å². The molecule has 3 N–H and O–H groups in total. The molecule has 0 saturated heterocycles. The molecule has 17 nitrogen and oxygen atoms in total. The third-order valence-electron chi connectivity index (χ3n) is 17.3. The molecule has 0 radical (unpaired) electrons. The quantitative estimate of drug-likeness (QED) is 0.0169. The van der Waals surface area contributed by atoms with Crippen molar-refractivity contribution >= 4 is 39.5 Å². The van der Waals surface area contributed by atoms with Gasteiger partial charge in [0.1, 0.15) is 19.3 Å². The molecule has 0 heterocycles. The summed E-state index contributed by atoms with van der Waals surface area (Å²) < 4.78 is 68.6. The number of aliphatic hydroxyl groups excluding tert-OH is 1. The maximum Gasteiger partial charge on any atom is 0.472 e. The Morgan fingerprint density at radius 2 is 0.500 bits per heavy atom. The van der Waals surface area contributed by atoms with E-state index in [0.717, 1.165) is 148 Å². The van der Waals surface area contributed by atoms with E-state index in [4.69, 9.17) is 37.0 Å². The fraction of sp³-hybridized carbons (Fsp3) is 0.685. The standard InChI is InChI=1S/C89H150O17P2/c1-5-9-13-17-21-25-29-33-37-39-41-43-47-50-54-58-62-66-70-74-87(92)100-80-84(105-88(93)75-71-67-63-59-55-51-46-36-32-28-24-20-16-12-8-4)81-103-107(95,96)101-77-83(90)78-102-108(97,98)104-82-85(79-99-86(91)73-69-65-61-57-53-49-45-35-31-27-23-19-15-11-7-3)106-89(94)76-72-68-64-60-56-52-48-44-42-40-38-34-30-26-22-18-14-10-6-2/h9,13,21-22,24-26,28,33-34,36-38,41-44,46,50,52,54,56,64,68,83-85,90H,5-8,10-12,14-20,23,27,29-32,35,39-40,45,47-49,51,53,55,57-63,65-67,69-82H2,1-4H3,(H,95,96)(H,97,98)/b13-9-,25-21-,26-22-,28-24-,37-33-,38-34-,43-41-,44-42-,46-36-,54-50-,56-52-,68-64-/t83-,84-,85-/m1/s1. The maximum absolute atomic E-state index is 13.1. The number of rotatable bonds is 78. The van der Waals surface area contributed by atoms with Crippen molar-refractivity contribution in [1.82, 2.24) is 0 Å². The number of phosphoric acid groups is 2. The predicted octanol–water partition coefficient (Wildman–Crippen LogP) is 25.0. The van der Waals surface area contributed by atoms with Gasteiger partial charge in [0.15, 0.2) is 12.2 Å². The van der Waals surface area contributed by atoms with Gasteiger partial charge in [-0.05, 0) is 141 Å². The molecule has 0 saturated carbocycles. The van der Waals surface area contributed by atoms with Gasteiger partial charge in [-0.3, -0.25) is 37.3 Å². The van der Waals surface area contributed by atoms with E-state index in [1.807, 2.05) is 18.2 Å². The number of carbonyl (C=O) groups is 4. The lowest BCUT2D eigenvalue weighted by Crippen LogP contribution is -2.30. The summed E-state index contributed by atoms with van der Waals surface area (Å²) in [6, 6.07) is 0. The van der Waals surface area contributed by atoms with Gasteiger partial charge in [0.25, 0.3) is 0 Å². The Bertz CT molecular complexity index is 2610. The van der Waals surface area contributed by atoms with E-state index in [2.05, 4.69) is 155 Å². The molecule has 0 aromatic heterocycles. The minimum Gasteiger partial charge on any atom is -0.462 e. The molecular weight excluding hydrogens is 1400 g/mol. The second kappa shape index (κ2) is 80.0. The molecule has 5 atom stereocenters. The lowest BCUT2D eigenvalue weighted by atomic mass is 10.0. The number of unbranched alkanes of at least 4 members (excludes halogenated alkanes) is 28. The molecule has 0 spiro atoms. The normalized spacial score (nSPS) is 14.5. The van der Waals surface area contributed by atoms with Gasteiger partial charge in [0.2, 0.25) is 0 Å². The molecule has 108 heavy (non-hydrogen) atoms. The Morgan fingerprint density at radius 3 is 0.824 bits per heavy atom. The van der Waals surface area contributed by atoms with E-state index in [1.165, 1.54) is 103 Å². The van der Waals surface area contributed by atoms with Gasteiger partial charge in [-0.25, -0.2) is 9.13 Å². The fourth-order valence-corrected chi connectivity index (χ4v) is 12.5. The van der Waals surface area contributed by atoms with Crippen LogP contribution in [0.1, 0.15) is 336 Å². The van der Waals surface area contributed by atoms with E-state index in [-0.39, 0.29) is 25.7 Å². The second-order valence-corrected chi connectivity index (χ2v) is 30.6. The number of hydrogen-bond donors (Lipinski definition) is 3. The number of ether oxygens (including phenoxy) is 4. The van der Waals surface area contributed by atoms with Gasteiger partial charge in [-0.1, -0.05) is 315 Å². The highest BCUT2D eigenvalue weighted by molar-refractivity contribution is 7.47. The number of allylic oxidation sites excluding steroid dienone is 24. The van der Waals surface area contributed by atoms with Crippen LogP contribution in [0.15, 0.2) is 146 Å². The largest absolute Gasteiger partial charge is 0.472 e. The highest BCUT2D eigenvalue weighted by atomic mass is 31.2. The molecule has 0 aliphatic rings. The Kier molecular flexibility index (Phi) is 76.3. The first-order valence-electron chi connectivity index (χ1n) is 42.1. The summed E-state index contributed by atoms with van der Waals surface area (Å²) >= 11 is 0. The molecule has 618 valence electrons. The molecule has 0 aromatic rings. The van der Waals surface area contributed by atoms with Gasteiger partial charge in [0, 0.05) is 25.7 Å². The van der Waals surface area contributed by atoms with Gasteiger partial charge in [-0.15, -0.1) is 0 Å². The van der Waals surface area contributed by atoms with Gasteiger partial charge in [0.05, 0.1) is 26.4 Å². The highest BCUT2D eigenvalue weighted by Gasteiger charge is 2.30. The number of carbonyl (C=O) groups excluding carboxylic acids is 4. The van der Waals surface area contributed by atoms with Gasteiger partial charge < -0.3 is 33.8 Å². The van der Waals surface area contributed by atoms with Crippen molar-refractivity contribution in [3.8, 4) is 0 Å². The molecule has 19 heteroatoms. The summed E-state index contributed by atoms with van der Waals surface area (Å²) in [5.74, 6) is -2.32. The topological polar surface area (TPSA) is 237 Å².